The van der Waals surface area contributed by atoms with Gasteiger partial charge in [0.15, 0.2) is 0 Å². The molecule has 0 aliphatic carbocycles. The molecule has 0 bridgehead atoms. The molecule has 0 aromatic heterocycles. The molecule has 1 atom stereocenters. The summed E-state index contributed by atoms with van der Waals surface area (Å²) in [4.78, 5) is 11.5. The zero-order valence-corrected chi connectivity index (χ0v) is 9.92. The van der Waals surface area contributed by atoms with Gasteiger partial charge in [0.1, 0.15) is 0 Å². The molecule has 4 N–H and O–H groups in total. The number of rotatable bonds is 4. The summed E-state index contributed by atoms with van der Waals surface area (Å²) in [6.45, 7) is 2.47. The maximum atomic E-state index is 11.5. The first kappa shape index (κ1) is 12.8. The van der Waals surface area contributed by atoms with Gasteiger partial charge in [-0.05, 0) is 44.2 Å². The second-order valence-electron chi connectivity index (χ2n) is 3.58. The van der Waals surface area contributed by atoms with Gasteiger partial charge in [-0.3, -0.25) is 0 Å². The number of carbonyl (C=O) groups is 1. The highest BCUT2D eigenvalue weighted by Gasteiger charge is 2.05. The maximum Gasteiger partial charge on any atom is 0.319 e. The first-order valence-electron chi connectivity index (χ1n) is 5.15. The Balaban J connectivity index is 2.42. The van der Waals surface area contributed by atoms with Crippen LogP contribution in [0.25, 0.3) is 0 Å². The van der Waals surface area contributed by atoms with Crippen LogP contribution in [0.2, 0.25) is 5.02 Å². The minimum atomic E-state index is -0.233. The van der Waals surface area contributed by atoms with Crippen molar-refractivity contribution in [3.05, 3.63) is 29.3 Å². The Morgan fingerprint density at radius 3 is 2.62 bits per heavy atom. The van der Waals surface area contributed by atoms with Crippen molar-refractivity contribution in [1.82, 2.24) is 5.32 Å². The van der Waals surface area contributed by atoms with Crippen molar-refractivity contribution in [3.63, 3.8) is 0 Å². The third-order valence-corrected chi connectivity index (χ3v) is 2.33. The molecular formula is C11H16ClN3O. The number of amides is 2. The van der Waals surface area contributed by atoms with E-state index in [1.165, 1.54) is 0 Å². The molecule has 16 heavy (non-hydrogen) atoms. The minimum absolute atomic E-state index is 0.0669. The molecule has 0 radical (unpaired) electrons. The molecule has 4 nitrogen and oxygen atoms in total. The van der Waals surface area contributed by atoms with Gasteiger partial charge in [0.05, 0.1) is 0 Å². The lowest BCUT2D eigenvalue weighted by molar-refractivity contribution is 0.249. The molecule has 1 aromatic carbocycles. The van der Waals surface area contributed by atoms with E-state index in [1.54, 1.807) is 24.3 Å². The van der Waals surface area contributed by atoms with Gasteiger partial charge in [-0.1, -0.05) is 11.6 Å². The average Bonchev–Trinajstić information content (AvgIpc) is 2.21. The highest BCUT2D eigenvalue weighted by Crippen LogP contribution is 2.13. The summed E-state index contributed by atoms with van der Waals surface area (Å²) in [6.07, 6.45) is 0.758. The number of nitrogens with one attached hydrogen (secondary N) is 2. The molecule has 5 heteroatoms. The van der Waals surface area contributed by atoms with Crippen LogP contribution in [0.5, 0.6) is 0 Å². The summed E-state index contributed by atoms with van der Waals surface area (Å²) in [5, 5.41) is 6.13. The molecule has 2 amide bonds. The van der Waals surface area contributed by atoms with Crippen LogP contribution in [0.15, 0.2) is 24.3 Å². The highest BCUT2D eigenvalue weighted by molar-refractivity contribution is 6.30. The summed E-state index contributed by atoms with van der Waals surface area (Å²) >= 11 is 5.73. The van der Waals surface area contributed by atoms with Crippen molar-refractivity contribution >= 4 is 23.3 Å². The normalized spacial score (nSPS) is 11.9. The molecule has 0 aliphatic heterocycles. The van der Waals surface area contributed by atoms with Crippen LogP contribution in [0, 0.1) is 0 Å². The van der Waals surface area contributed by atoms with Gasteiger partial charge in [-0.25, -0.2) is 4.79 Å². The van der Waals surface area contributed by atoms with Crippen molar-refractivity contribution in [2.45, 2.75) is 19.4 Å². The first-order chi connectivity index (χ1) is 7.61. The second-order valence-corrected chi connectivity index (χ2v) is 4.02. The Morgan fingerprint density at radius 1 is 1.44 bits per heavy atom. The molecule has 0 saturated heterocycles. The minimum Gasteiger partial charge on any atom is -0.335 e. The Kier molecular flexibility index (Phi) is 5.08. The summed E-state index contributed by atoms with van der Waals surface area (Å²) in [5.74, 6) is 0. The van der Waals surface area contributed by atoms with Crippen LogP contribution in [0.3, 0.4) is 0 Å². The van der Waals surface area contributed by atoms with Gasteiger partial charge in [-0.2, -0.15) is 0 Å². The fraction of sp³-hybridized carbons (Fsp3) is 0.364. The largest absolute Gasteiger partial charge is 0.335 e. The van der Waals surface area contributed by atoms with Crippen molar-refractivity contribution in [3.8, 4) is 0 Å². The maximum absolute atomic E-state index is 11.5. The van der Waals surface area contributed by atoms with E-state index < -0.39 is 0 Å². The fourth-order valence-corrected chi connectivity index (χ4v) is 1.37. The topological polar surface area (TPSA) is 67.1 Å². The van der Waals surface area contributed by atoms with Crippen molar-refractivity contribution in [2.24, 2.45) is 5.73 Å². The van der Waals surface area contributed by atoms with E-state index in [2.05, 4.69) is 10.6 Å². The van der Waals surface area contributed by atoms with Crippen LogP contribution in [0.1, 0.15) is 13.3 Å². The van der Waals surface area contributed by atoms with Crippen LogP contribution in [-0.2, 0) is 0 Å². The van der Waals surface area contributed by atoms with Crippen LogP contribution in [0.4, 0.5) is 10.5 Å². The van der Waals surface area contributed by atoms with E-state index in [-0.39, 0.29) is 12.1 Å². The van der Waals surface area contributed by atoms with Crippen LogP contribution in [-0.4, -0.2) is 18.6 Å². The molecule has 0 heterocycles. The van der Waals surface area contributed by atoms with Gasteiger partial charge in [-0.15, -0.1) is 0 Å². The number of nitrogens with two attached hydrogens (primary N) is 1. The quantitative estimate of drug-likeness (QED) is 0.757. The Bertz CT molecular complexity index is 340. The van der Waals surface area contributed by atoms with Crippen molar-refractivity contribution in [2.75, 3.05) is 11.9 Å². The van der Waals surface area contributed by atoms with Gasteiger partial charge < -0.3 is 16.4 Å². The molecule has 1 unspecified atom stereocenters. The molecule has 0 saturated carbocycles. The number of halogens is 1. The van der Waals surface area contributed by atoms with Crippen molar-refractivity contribution < 1.29 is 4.79 Å². The Morgan fingerprint density at radius 2 is 2.06 bits per heavy atom. The molecule has 0 aliphatic rings. The van der Waals surface area contributed by atoms with Gasteiger partial charge in [0, 0.05) is 16.8 Å². The lowest BCUT2D eigenvalue weighted by Gasteiger charge is -2.13. The van der Waals surface area contributed by atoms with Gasteiger partial charge >= 0.3 is 6.03 Å². The van der Waals surface area contributed by atoms with E-state index in [4.69, 9.17) is 17.3 Å². The standard InChI is InChI=1S/C11H16ClN3O/c1-8(6-7-13)14-11(16)15-10-4-2-9(12)3-5-10/h2-5,8H,6-7,13H2,1H3,(H2,14,15,16). The first-order valence-corrected chi connectivity index (χ1v) is 5.52. The van der Waals surface area contributed by atoms with Crippen LogP contribution >= 0.6 is 11.6 Å². The number of urea groups is 1. The molecular weight excluding hydrogens is 226 g/mol. The monoisotopic (exact) mass is 241 g/mol. The summed E-state index contributed by atoms with van der Waals surface area (Å²) in [5.41, 5.74) is 6.10. The number of hydrogen-bond donors (Lipinski definition) is 3. The number of carbonyl (C=O) groups excluding carboxylic acids is 1. The fourth-order valence-electron chi connectivity index (χ4n) is 1.25. The summed E-state index contributed by atoms with van der Waals surface area (Å²) in [7, 11) is 0. The zero-order valence-electron chi connectivity index (χ0n) is 9.16. The predicted octanol–water partition coefficient (Wildman–Crippen LogP) is 2.20. The average molecular weight is 242 g/mol. The Hall–Kier alpha value is -1.26. The predicted molar refractivity (Wildman–Crippen MR) is 66.7 cm³/mol. The van der Waals surface area contributed by atoms with E-state index in [0.29, 0.717) is 17.3 Å². The molecule has 1 aromatic rings. The van der Waals surface area contributed by atoms with Crippen molar-refractivity contribution in [1.29, 1.82) is 0 Å². The lowest BCUT2D eigenvalue weighted by atomic mass is 10.2. The smallest absolute Gasteiger partial charge is 0.319 e. The number of anilines is 1. The number of hydrogen-bond acceptors (Lipinski definition) is 2. The summed E-state index contributed by atoms with van der Waals surface area (Å²) < 4.78 is 0. The van der Waals surface area contributed by atoms with Gasteiger partial charge in [0.25, 0.3) is 0 Å². The van der Waals surface area contributed by atoms with Gasteiger partial charge in [0.2, 0.25) is 0 Å². The highest BCUT2D eigenvalue weighted by atomic mass is 35.5. The van der Waals surface area contributed by atoms with E-state index in [9.17, 15) is 4.79 Å². The molecule has 0 spiro atoms. The zero-order chi connectivity index (χ0) is 12.0. The van der Waals surface area contributed by atoms with Crippen LogP contribution < -0.4 is 16.4 Å². The SMILES string of the molecule is CC(CCN)NC(=O)Nc1ccc(Cl)cc1. The summed E-state index contributed by atoms with van der Waals surface area (Å²) in [6, 6.07) is 6.77. The third-order valence-electron chi connectivity index (χ3n) is 2.08. The number of benzene rings is 1. The second kappa shape index (κ2) is 6.35. The molecule has 1 rings (SSSR count). The molecule has 0 fully saturated rings. The van der Waals surface area contributed by atoms with E-state index >= 15 is 0 Å². The Labute approximate surface area is 100 Å². The lowest BCUT2D eigenvalue weighted by Crippen LogP contribution is -2.37. The molecule has 88 valence electrons. The van der Waals surface area contributed by atoms with E-state index in [1.807, 2.05) is 6.92 Å². The third kappa shape index (κ3) is 4.51. The van der Waals surface area contributed by atoms with E-state index in [0.717, 1.165) is 6.42 Å².